The van der Waals surface area contributed by atoms with Crippen LogP contribution in [0.15, 0.2) is 36.7 Å². The van der Waals surface area contributed by atoms with Crippen molar-refractivity contribution in [2.45, 2.75) is 25.8 Å². The molecule has 2 aromatic heterocycles. The van der Waals surface area contributed by atoms with Crippen molar-refractivity contribution in [3.63, 3.8) is 0 Å². The van der Waals surface area contributed by atoms with Crippen LogP contribution in [-0.4, -0.2) is 51.2 Å². The number of halogens is 1. The van der Waals surface area contributed by atoms with Crippen molar-refractivity contribution < 1.29 is 9.18 Å². The number of hydrogen-bond acceptors (Lipinski definition) is 5. The summed E-state index contributed by atoms with van der Waals surface area (Å²) in [4.78, 5) is 26.3. The number of likely N-dealkylation sites (tertiary alicyclic amines) is 1. The fraction of sp³-hybridized carbons (Fsp3) is 0.364. The van der Waals surface area contributed by atoms with Crippen LogP contribution < -0.4 is 4.90 Å². The number of nitrogens with zero attached hydrogens (tertiary/aromatic N) is 6. The van der Waals surface area contributed by atoms with E-state index in [1.807, 2.05) is 37.9 Å². The fourth-order valence-corrected chi connectivity index (χ4v) is 3.96. The summed E-state index contributed by atoms with van der Waals surface area (Å²) in [6, 6.07) is 6.11. The third-order valence-electron chi connectivity index (χ3n) is 5.43. The normalized spacial score (nSPS) is 16.2. The van der Waals surface area contributed by atoms with E-state index < -0.39 is 0 Å². The molecule has 1 atom stereocenters. The highest BCUT2D eigenvalue weighted by atomic mass is 19.1. The highest BCUT2D eigenvalue weighted by Gasteiger charge is 2.35. The van der Waals surface area contributed by atoms with E-state index in [4.69, 9.17) is 4.98 Å². The van der Waals surface area contributed by atoms with E-state index in [2.05, 4.69) is 10.1 Å². The first-order chi connectivity index (χ1) is 14.3. The van der Waals surface area contributed by atoms with Crippen molar-refractivity contribution in [1.82, 2.24) is 24.6 Å². The summed E-state index contributed by atoms with van der Waals surface area (Å²) >= 11 is 0. The van der Waals surface area contributed by atoms with Gasteiger partial charge in [-0.05, 0) is 37.5 Å². The van der Waals surface area contributed by atoms with Gasteiger partial charge in [0.05, 0.1) is 23.0 Å². The van der Waals surface area contributed by atoms with E-state index in [0.717, 1.165) is 29.7 Å². The Morgan fingerprint density at radius 2 is 1.97 bits per heavy atom. The second-order valence-corrected chi connectivity index (χ2v) is 7.83. The molecule has 1 aromatic carbocycles. The maximum atomic E-state index is 13.5. The standard InChI is InChI=1S/C22H25FN6O/c1-14-18(13-28(4)26-14)21(30)29-11-5-6-19(29)20-17(12-24-22(25-20)27(2)3)15-7-9-16(23)10-8-15/h7-10,12-13,19H,5-6,11H2,1-4H3. The predicted molar refractivity (Wildman–Crippen MR) is 113 cm³/mol. The van der Waals surface area contributed by atoms with Gasteiger partial charge in [0.1, 0.15) is 5.82 Å². The highest BCUT2D eigenvalue weighted by molar-refractivity contribution is 5.95. The highest BCUT2D eigenvalue weighted by Crippen LogP contribution is 2.38. The van der Waals surface area contributed by atoms with Gasteiger partial charge in [0, 0.05) is 45.6 Å². The summed E-state index contributed by atoms with van der Waals surface area (Å²) in [5.41, 5.74) is 3.74. The monoisotopic (exact) mass is 408 g/mol. The minimum atomic E-state index is -0.296. The molecule has 0 N–H and O–H groups in total. The van der Waals surface area contributed by atoms with Crippen LogP contribution in [0.25, 0.3) is 11.1 Å². The van der Waals surface area contributed by atoms with Crippen molar-refractivity contribution in [1.29, 1.82) is 0 Å². The van der Waals surface area contributed by atoms with Gasteiger partial charge in [-0.2, -0.15) is 5.10 Å². The lowest BCUT2D eigenvalue weighted by molar-refractivity contribution is 0.0732. The SMILES string of the molecule is Cc1nn(C)cc1C(=O)N1CCCC1c1nc(N(C)C)ncc1-c1ccc(F)cc1. The van der Waals surface area contributed by atoms with Gasteiger partial charge in [-0.25, -0.2) is 14.4 Å². The number of anilines is 1. The van der Waals surface area contributed by atoms with E-state index in [9.17, 15) is 9.18 Å². The molecule has 0 bridgehead atoms. The first-order valence-electron chi connectivity index (χ1n) is 9.96. The minimum absolute atomic E-state index is 0.0434. The smallest absolute Gasteiger partial charge is 0.257 e. The number of aryl methyl sites for hydroxylation is 2. The van der Waals surface area contributed by atoms with Crippen molar-refractivity contribution in [3.8, 4) is 11.1 Å². The molecule has 0 spiro atoms. The second kappa shape index (κ2) is 7.85. The van der Waals surface area contributed by atoms with Crippen LogP contribution in [0, 0.1) is 12.7 Å². The fourth-order valence-electron chi connectivity index (χ4n) is 3.96. The summed E-state index contributed by atoms with van der Waals surface area (Å²) in [6.45, 7) is 2.50. The summed E-state index contributed by atoms with van der Waals surface area (Å²) in [5.74, 6) is 0.238. The first-order valence-corrected chi connectivity index (χ1v) is 9.96. The summed E-state index contributed by atoms with van der Waals surface area (Å²) in [5, 5.41) is 4.31. The number of rotatable bonds is 4. The molecule has 30 heavy (non-hydrogen) atoms. The Morgan fingerprint density at radius 3 is 2.60 bits per heavy atom. The van der Waals surface area contributed by atoms with Crippen LogP contribution >= 0.6 is 0 Å². The Kier molecular flexibility index (Phi) is 5.24. The van der Waals surface area contributed by atoms with Crippen LogP contribution in [0.5, 0.6) is 0 Å². The average Bonchev–Trinajstić information content (AvgIpc) is 3.34. The number of benzene rings is 1. The molecule has 1 aliphatic rings. The van der Waals surface area contributed by atoms with Crippen molar-refractivity contribution >= 4 is 11.9 Å². The Morgan fingerprint density at radius 1 is 1.23 bits per heavy atom. The number of aromatic nitrogens is 4. The molecular weight excluding hydrogens is 383 g/mol. The Labute approximate surface area is 175 Å². The summed E-state index contributed by atoms with van der Waals surface area (Å²) in [6.07, 6.45) is 5.23. The van der Waals surface area contributed by atoms with Crippen LogP contribution in [0.1, 0.15) is 40.6 Å². The zero-order chi connectivity index (χ0) is 21.4. The number of amides is 1. The Balaban J connectivity index is 1.78. The van der Waals surface area contributed by atoms with Gasteiger partial charge in [-0.15, -0.1) is 0 Å². The molecule has 0 aliphatic carbocycles. The van der Waals surface area contributed by atoms with Gasteiger partial charge in [-0.1, -0.05) is 12.1 Å². The van der Waals surface area contributed by atoms with Gasteiger partial charge in [0.15, 0.2) is 0 Å². The van der Waals surface area contributed by atoms with Crippen LogP contribution in [0.3, 0.4) is 0 Å². The molecule has 1 unspecified atom stereocenters. The molecule has 1 saturated heterocycles. The lowest BCUT2D eigenvalue weighted by atomic mass is 9.99. The Hall–Kier alpha value is -3.29. The van der Waals surface area contributed by atoms with Crippen molar-refractivity contribution in [2.24, 2.45) is 7.05 Å². The van der Waals surface area contributed by atoms with E-state index in [-0.39, 0.29) is 17.8 Å². The van der Waals surface area contributed by atoms with E-state index >= 15 is 0 Å². The number of carbonyl (C=O) groups excluding carboxylic acids is 1. The van der Waals surface area contributed by atoms with Crippen LogP contribution in [-0.2, 0) is 7.05 Å². The maximum Gasteiger partial charge on any atom is 0.257 e. The van der Waals surface area contributed by atoms with E-state index in [0.29, 0.717) is 23.8 Å². The van der Waals surface area contributed by atoms with Gasteiger partial charge in [-0.3, -0.25) is 9.48 Å². The Bertz CT molecular complexity index is 1080. The van der Waals surface area contributed by atoms with Gasteiger partial charge < -0.3 is 9.80 Å². The lowest BCUT2D eigenvalue weighted by Gasteiger charge is -2.26. The summed E-state index contributed by atoms with van der Waals surface area (Å²) in [7, 11) is 5.58. The molecule has 1 aliphatic heterocycles. The molecule has 0 saturated carbocycles. The largest absolute Gasteiger partial charge is 0.347 e. The molecule has 0 radical (unpaired) electrons. The molecule has 3 heterocycles. The first kappa shape index (κ1) is 20.0. The quantitative estimate of drug-likeness (QED) is 0.662. The summed E-state index contributed by atoms with van der Waals surface area (Å²) < 4.78 is 15.1. The van der Waals surface area contributed by atoms with Gasteiger partial charge >= 0.3 is 0 Å². The van der Waals surface area contributed by atoms with Crippen LogP contribution in [0.4, 0.5) is 10.3 Å². The molecule has 7 nitrogen and oxygen atoms in total. The van der Waals surface area contributed by atoms with Gasteiger partial charge in [0.2, 0.25) is 5.95 Å². The lowest BCUT2D eigenvalue weighted by Crippen LogP contribution is -2.32. The second-order valence-electron chi connectivity index (χ2n) is 7.83. The number of carbonyl (C=O) groups is 1. The molecule has 8 heteroatoms. The third kappa shape index (κ3) is 3.65. The third-order valence-corrected chi connectivity index (χ3v) is 5.43. The van der Waals surface area contributed by atoms with Gasteiger partial charge in [0.25, 0.3) is 5.91 Å². The minimum Gasteiger partial charge on any atom is -0.347 e. The van der Waals surface area contributed by atoms with E-state index in [1.165, 1.54) is 12.1 Å². The molecule has 4 rings (SSSR count). The molecule has 1 amide bonds. The number of hydrogen-bond donors (Lipinski definition) is 0. The maximum absolute atomic E-state index is 13.5. The predicted octanol–water partition coefficient (Wildman–Crippen LogP) is 3.37. The zero-order valence-corrected chi connectivity index (χ0v) is 17.6. The van der Waals surface area contributed by atoms with E-state index in [1.54, 1.807) is 29.2 Å². The average molecular weight is 408 g/mol. The molecule has 156 valence electrons. The van der Waals surface area contributed by atoms with Crippen LogP contribution in [0.2, 0.25) is 0 Å². The van der Waals surface area contributed by atoms with Crippen molar-refractivity contribution in [2.75, 3.05) is 25.5 Å². The van der Waals surface area contributed by atoms with Crippen molar-refractivity contribution in [3.05, 3.63) is 59.4 Å². The molecule has 1 fully saturated rings. The zero-order valence-electron chi connectivity index (χ0n) is 17.6. The molecule has 3 aromatic rings. The molecular formula is C22H25FN6O. The topological polar surface area (TPSA) is 67.2 Å².